The maximum Gasteiger partial charge on any atom is 0.237 e. The molecular formula is C15H21NO2. The molecule has 1 heterocycles. The van der Waals surface area contributed by atoms with Crippen molar-refractivity contribution in [2.75, 3.05) is 18.1 Å². The van der Waals surface area contributed by atoms with Gasteiger partial charge >= 0.3 is 0 Å². The van der Waals surface area contributed by atoms with E-state index in [9.17, 15) is 4.79 Å². The fraction of sp³-hybridized carbons (Fsp3) is 0.533. The first-order valence-electron chi connectivity index (χ1n) is 6.61. The minimum absolute atomic E-state index is 0.188. The van der Waals surface area contributed by atoms with Crippen molar-refractivity contribution < 1.29 is 9.90 Å². The molecule has 0 aliphatic carbocycles. The van der Waals surface area contributed by atoms with E-state index in [0.29, 0.717) is 0 Å². The smallest absolute Gasteiger partial charge is 0.237 e. The van der Waals surface area contributed by atoms with Gasteiger partial charge in [-0.25, -0.2) is 0 Å². The SMILES string of the molecule is CC1(C)C(=O)N(CCCCCO)c2ccccc21. The predicted molar refractivity (Wildman–Crippen MR) is 72.8 cm³/mol. The number of para-hydroxylation sites is 1. The van der Waals surface area contributed by atoms with Gasteiger partial charge in [-0.2, -0.15) is 0 Å². The zero-order valence-corrected chi connectivity index (χ0v) is 11.1. The minimum Gasteiger partial charge on any atom is -0.396 e. The number of unbranched alkanes of at least 4 members (excludes halogenated alkanes) is 2. The second-order valence-corrected chi connectivity index (χ2v) is 5.38. The molecule has 2 rings (SSSR count). The van der Waals surface area contributed by atoms with E-state index in [-0.39, 0.29) is 12.5 Å². The van der Waals surface area contributed by atoms with Gasteiger partial charge in [0.25, 0.3) is 0 Å². The zero-order chi connectivity index (χ0) is 13.2. The molecule has 0 bridgehead atoms. The Balaban J connectivity index is 2.15. The summed E-state index contributed by atoms with van der Waals surface area (Å²) in [5, 5.41) is 8.77. The van der Waals surface area contributed by atoms with E-state index >= 15 is 0 Å². The van der Waals surface area contributed by atoms with Crippen LogP contribution in [-0.4, -0.2) is 24.2 Å². The largest absolute Gasteiger partial charge is 0.396 e. The monoisotopic (exact) mass is 247 g/mol. The van der Waals surface area contributed by atoms with E-state index in [0.717, 1.165) is 37.1 Å². The number of hydrogen-bond acceptors (Lipinski definition) is 2. The molecule has 3 heteroatoms. The molecule has 0 atom stereocenters. The molecule has 3 nitrogen and oxygen atoms in total. The molecule has 0 spiro atoms. The summed E-state index contributed by atoms with van der Waals surface area (Å²) in [6, 6.07) is 8.03. The predicted octanol–water partition coefficient (Wildman–Crippen LogP) is 2.47. The lowest BCUT2D eigenvalue weighted by Crippen LogP contribution is -2.36. The Labute approximate surface area is 108 Å². The van der Waals surface area contributed by atoms with E-state index < -0.39 is 5.41 Å². The molecule has 98 valence electrons. The minimum atomic E-state index is -0.409. The highest BCUT2D eigenvalue weighted by Gasteiger charge is 2.42. The highest BCUT2D eigenvalue weighted by Crippen LogP contribution is 2.41. The van der Waals surface area contributed by atoms with Gasteiger partial charge in [0.05, 0.1) is 5.41 Å². The number of aliphatic hydroxyl groups excluding tert-OH is 1. The fourth-order valence-electron chi connectivity index (χ4n) is 2.58. The highest BCUT2D eigenvalue weighted by molar-refractivity contribution is 6.07. The summed E-state index contributed by atoms with van der Waals surface area (Å²) in [4.78, 5) is 14.3. The molecule has 1 aromatic carbocycles. The van der Waals surface area contributed by atoms with Crippen LogP contribution in [0.5, 0.6) is 0 Å². The molecule has 1 amide bonds. The van der Waals surface area contributed by atoms with Crippen molar-refractivity contribution in [3.63, 3.8) is 0 Å². The molecule has 0 saturated heterocycles. The van der Waals surface area contributed by atoms with Crippen molar-refractivity contribution >= 4 is 11.6 Å². The summed E-state index contributed by atoms with van der Waals surface area (Å²) < 4.78 is 0. The number of hydrogen-bond donors (Lipinski definition) is 1. The van der Waals surface area contributed by atoms with Crippen molar-refractivity contribution in [2.24, 2.45) is 0 Å². The van der Waals surface area contributed by atoms with Gasteiger partial charge in [-0.05, 0) is 44.7 Å². The molecule has 1 N–H and O–H groups in total. The number of amides is 1. The van der Waals surface area contributed by atoms with Crippen molar-refractivity contribution in [3.8, 4) is 0 Å². The first-order valence-corrected chi connectivity index (χ1v) is 6.61. The van der Waals surface area contributed by atoms with Gasteiger partial charge in [-0.1, -0.05) is 18.2 Å². The van der Waals surface area contributed by atoms with Gasteiger partial charge in [0, 0.05) is 18.8 Å². The van der Waals surface area contributed by atoms with Crippen molar-refractivity contribution in [3.05, 3.63) is 29.8 Å². The number of fused-ring (bicyclic) bond motifs is 1. The third kappa shape index (κ3) is 2.15. The van der Waals surface area contributed by atoms with E-state index in [2.05, 4.69) is 0 Å². The third-order valence-corrected chi connectivity index (χ3v) is 3.69. The molecule has 0 fully saturated rings. The summed E-state index contributed by atoms with van der Waals surface area (Å²) in [5.41, 5.74) is 1.77. The van der Waals surface area contributed by atoms with Gasteiger partial charge in [-0.15, -0.1) is 0 Å². The van der Waals surface area contributed by atoms with Crippen LogP contribution in [0, 0.1) is 0 Å². The second kappa shape index (κ2) is 5.11. The van der Waals surface area contributed by atoms with E-state index in [1.165, 1.54) is 0 Å². The quantitative estimate of drug-likeness (QED) is 0.812. The number of carbonyl (C=O) groups excluding carboxylic acids is 1. The van der Waals surface area contributed by atoms with Gasteiger partial charge in [0.15, 0.2) is 0 Å². The summed E-state index contributed by atoms with van der Waals surface area (Å²) in [5.74, 6) is 0.188. The van der Waals surface area contributed by atoms with Crippen molar-refractivity contribution in [1.82, 2.24) is 0 Å². The number of rotatable bonds is 5. The Morgan fingerprint density at radius 2 is 1.89 bits per heavy atom. The third-order valence-electron chi connectivity index (χ3n) is 3.69. The highest BCUT2D eigenvalue weighted by atomic mass is 16.2. The lowest BCUT2D eigenvalue weighted by Gasteiger charge is -2.20. The van der Waals surface area contributed by atoms with Crippen LogP contribution in [0.1, 0.15) is 38.7 Å². The number of carbonyl (C=O) groups is 1. The van der Waals surface area contributed by atoms with Crippen molar-refractivity contribution in [2.45, 2.75) is 38.5 Å². The Morgan fingerprint density at radius 1 is 1.17 bits per heavy atom. The summed E-state index contributed by atoms with van der Waals surface area (Å²) in [6.07, 6.45) is 2.71. The second-order valence-electron chi connectivity index (χ2n) is 5.38. The lowest BCUT2D eigenvalue weighted by atomic mass is 9.86. The van der Waals surface area contributed by atoms with Crippen LogP contribution in [-0.2, 0) is 10.2 Å². The maximum atomic E-state index is 12.4. The fourth-order valence-corrected chi connectivity index (χ4v) is 2.58. The van der Waals surface area contributed by atoms with E-state index in [1.807, 2.05) is 43.0 Å². The number of anilines is 1. The standard InChI is InChI=1S/C15H21NO2/c1-15(2)12-8-4-5-9-13(12)16(14(15)18)10-6-3-7-11-17/h4-5,8-9,17H,3,6-7,10-11H2,1-2H3. The summed E-state index contributed by atoms with van der Waals surface area (Å²) in [7, 11) is 0. The summed E-state index contributed by atoms with van der Waals surface area (Å²) in [6.45, 7) is 4.96. The van der Waals surface area contributed by atoms with Crippen LogP contribution in [0.4, 0.5) is 5.69 Å². The van der Waals surface area contributed by atoms with Crippen LogP contribution in [0.3, 0.4) is 0 Å². The molecule has 0 radical (unpaired) electrons. The van der Waals surface area contributed by atoms with Gasteiger partial charge < -0.3 is 10.0 Å². The van der Waals surface area contributed by atoms with Crippen LogP contribution < -0.4 is 4.90 Å². The summed E-state index contributed by atoms with van der Waals surface area (Å²) >= 11 is 0. The Kier molecular flexibility index (Phi) is 3.71. The molecule has 18 heavy (non-hydrogen) atoms. The molecule has 1 aromatic rings. The van der Waals surface area contributed by atoms with E-state index in [4.69, 9.17) is 5.11 Å². The average Bonchev–Trinajstić information content (AvgIpc) is 2.56. The normalized spacial score (nSPS) is 17.1. The van der Waals surface area contributed by atoms with E-state index in [1.54, 1.807) is 0 Å². The van der Waals surface area contributed by atoms with Gasteiger partial charge in [-0.3, -0.25) is 4.79 Å². The Hall–Kier alpha value is -1.35. The zero-order valence-electron chi connectivity index (χ0n) is 11.1. The van der Waals surface area contributed by atoms with Gasteiger partial charge in [0.2, 0.25) is 5.91 Å². The van der Waals surface area contributed by atoms with Gasteiger partial charge in [0.1, 0.15) is 0 Å². The van der Waals surface area contributed by atoms with Crippen LogP contribution >= 0.6 is 0 Å². The van der Waals surface area contributed by atoms with Crippen LogP contribution in [0.2, 0.25) is 0 Å². The number of aliphatic hydroxyl groups is 1. The molecule has 0 unspecified atom stereocenters. The maximum absolute atomic E-state index is 12.4. The number of benzene rings is 1. The molecule has 1 aliphatic rings. The lowest BCUT2D eigenvalue weighted by molar-refractivity contribution is -0.122. The molecular weight excluding hydrogens is 226 g/mol. The van der Waals surface area contributed by atoms with Crippen LogP contribution in [0.15, 0.2) is 24.3 Å². The van der Waals surface area contributed by atoms with Crippen LogP contribution in [0.25, 0.3) is 0 Å². The first-order chi connectivity index (χ1) is 8.59. The Morgan fingerprint density at radius 3 is 2.61 bits per heavy atom. The van der Waals surface area contributed by atoms with Crippen molar-refractivity contribution in [1.29, 1.82) is 0 Å². The molecule has 0 saturated carbocycles. The average molecular weight is 247 g/mol. The Bertz CT molecular complexity index is 440. The molecule has 1 aliphatic heterocycles. The number of nitrogens with zero attached hydrogens (tertiary/aromatic N) is 1. The first kappa shape index (κ1) is 13.1. The topological polar surface area (TPSA) is 40.5 Å². The molecule has 0 aromatic heterocycles.